The van der Waals surface area contributed by atoms with E-state index in [2.05, 4.69) is 14.9 Å². The first-order chi connectivity index (χ1) is 9.49. The molecular formula is C13H21N5O2. The summed E-state index contributed by atoms with van der Waals surface area (Å²) in [5.41, 5.74) is 0. The van der Waals surface area contributed by atoms with Gasteiger partial charge < -0.3 is 14.9 Å². The summed E-state index contributed by atoms with van der Waals surface area (Å²) < 4.78 is 0. The number of aliphatic carboxylic acids is 1. The van der Waals surface area contributed by atoms with E-state index in [0.29, 0.717) is 5.95 Å². The maximum Gasteiger partial charge on any atom is 0.320 e. The number of anilines is 2. The van der Waals surface area contributed by atoms with E-state index in [4.69, 9.17) is 5.11 Å². The fraction of sp³-hybridized carbons (Fsp3) is 0.615. The molecule has 1 unspecified atom stereocenters. The van der Waals surface area contributed by atoms with Gasteiger partial charge in [-0.05, 0) is 13.0 Å². The number of carboxylic acid groups (broad SMARTS) is 1. The lowest BCUT2D eigenvalue weighted by Gasteiger charge is -2.37. The zero-order chi connectivity index (χ0) is 14.7. The quantitative estimate of drug-likeness (QED) is 0.840. The van der Waals surface area contributed by atoms with Gasteiger partial charge >= 0.3 is 5.97 Å². The van der Waals surface area contributed by atoms with E-state index < -0.39 is 12.0 Å². The summed E-state index contributed by atoms with van der Waals surface area (Å²) in [5, 5.41) is 9.03. The van der Waals surface area contributed by atoms with E-state index in [-0.39, 0.29) is 0 Å². The van der Waals surface area contributed by atoms with Gasteiger partial charge in [-0.25, -0.2) is 4.98 Å². The molecule has 7 heteroatoms. The smallest absolute Gasteiger partial charge is 0.320 e. The lowest BCUT2D eigenvalue weighted by molar-refractivity contribution is -0.142. The molecule has 0 spiro atoms. The predicted molar refractivity (Wildman–Crippen MR) is 77.2 cm³/mol. The first-order valence-corrected chi connectivity index (χ1v) is 6.71. The van der Waals surface area contributed by atoms with Gasteiger partial charge in [-0.1, -0.05) is 0 Å². The Bertz CT molecular complexity index is 472. The van der Waals surface area contributed by atoms with Crippen molar-refractivity contribution in [1.82, 2.24) is 14.9 Å². The molecule has 1 aromatic rings. The van der Waals surface area contributed by atoms with Gasteiger partial charge in [0.1, 0.15) is 11.9 Å². The molecule has 0 bridgehead atoms. The Morgan fingerprint density at radius 1 is 1.35 bits per heavy atom. The summed E-state index contributed by atoms with van der Waals surface area (Å²) in [6.07, 6.45) is 1.75. The highest BCUT2D eigenvalue weighted by Crippen LogP contribution is 2.16. The van der Waals surface area contributed by atoms with Crippen LogP contribution < -0.4 is 9.80 Å². The molecule has 0 radical (unpaired) electrons. The van der Waals surface area contributed by atoms with Crippen LogP contribution in [0, 0.1) is 0 Å². The molecule has 110 valence electrons. The van der Waals surface area contributed by atoms with E-state index in [1.165, 1.54) is 0 Å². The fourth-order valence-electron chi connectivity index (χ4n) is 2.23. The van der Waals surface area contributed by atoms with Crippen LogP contribution in [0.3, 0.4) is 0 Å². The Hall–Kier alpha value is -1.89. The molecule has 1 saturated heterocycles. The van der Waals surface area contributed by atoms with Gasteiger partial charge in [-0.2, -0.15) is 4.98 Å². The highest BCUT2D eigenvalue weighted by atomic mass is 16.4. The Morgan fingerprint density at radius 3 is 2.55 bits per heavy atom. The van der Waals surface area contributed by atoms with Crippen molar-refractivity contribution >= 4 is 17.7 Å². The number of carbonyl (C=O) groups is 1. The third-order valence-corrected chi connectivity index (χ3v) is 3.57. The number of nitrogens with zero attached hydrogens (tertiary/aromatic N) is 5. The summed E-state index contributed by atoms with van der Waals surface area (Å²) in [7, 11) is 3.82. The van der Waals surface area contributed by atoms with Crippen LogP contribution in [0.25, 0.3) is 0 Å². The summed E-state index contributed by atoms with van der Waals surface area (Å²) in [6, 6.07) is 1.46. The second kappa shape index (κ2) is 6.04. The second-order valence-corrected chi connectivity index (χ2v) is 5.15. The largest absolute Gasteiger partial charge is 0.480 e. The Balaban J connectivity index is 2.00. The zero-order valence-corrected chi connectivity index (χ0v) is 12.2. The monoisotopic (exact) mass is 279 g/mol. The van der Waals surface area contributed by atoms with Gasteiger partial charge in [0.15, 0.2) is 0 Å². The highest BCUT2D eigenvalue weighted by molar-refractivity contribution is 5.72. The molecule has 0 aromatic carbocycles. The molecule has 7 nitrogen and oxygen atoms in total. The number of carboxylic acids is 1. The minimum absolute atomic E-state index is 0.431. The summed E-state index contributed by atoms with van der Waals surface area (Å²) in [6.45, 7) is 4.75. The molecule has 1 aliphatic heterocycles. The SMILES string of the molecule is CC(C(=O)O)N1CCN(c2ccnc(N(C)C)n2)CC1. The predicted octanol–water partition coefficient (Wildman–Crippen LogP) is 0.138. The molecule has 0 amide bonds. The van der Waals surface area contributed by atoms with Gasteiger partial charge in [-0.3, -0.25) is 9.69 Å². The van der Waals surface area contributed by atoms with Crippen molar-refractivity contribution in [2.45, 2.75) is 13.0 Å². The Kier molecular flexibility index (Phi) is 4.39. The van der Waals surface area contributed by atoms with Crippen LogP contribution in [0.4, 0.5) is 11.8 Å². The summed E-state index contributed by atoms with van der Waals surface area (Å²) in [5.74, 6) is 0.811. The fourth-order valence-corrected chi connectivity index (χ4v) is 2.23. The van der Waals surface area contributed by atoms with Crippen LogP contribution in [0.5, 0.6) is 0 Å². The molecule has 1 N–H and O–H groups in total. The lowest BCUT2D eigenvalue weighted by atomic mass is 10.2. The van der Waals surface area contributed by atoms with Crippen LogP contribution in [0.2, 0.25) is 0 Å². The maximum absolute atomic E-state index is 11.0. The van der Waals surface area contributed by atoms with E-state index in [1.54, 1.807) is 13.1 Å². The number of piperazine rings is 1. The van der Waals surface area contributed by atoms with Gasteiger partial charge in [0, 0.05) is 46.5 Å². The Morgan fingerprint density at radius 2 is 2.00 bits per heavy atom. The van der Waals surface area contributed by atoms with Crippen molar-refractivity contribution in [2.24, 2.45) is 0 Å². The minimum atomic E-state index is -0.768. The van der Waals surface area contributed by atoms with Crippen LogP contribution >= 0.6 is 0 Å². The van der Waals surface area contributed by atoms with E-state index in [1.807, 2.05) is 30.0 Å². The summed E-state index contributed by atoms with van der Waals surface area (Å²) in [4.78, 5) is 25.7. The van der Waals surface area contributed by atoms with E-state index in [0.717, 1.165) is 32.0 Å². The summed E-state index contributed by atoms with van der Waals surface area (Å²) >= 11 is 0. The molecule has 20 heavy (non-hydrogen) atoms. The van der Waals surface area contributed by atoms with Crippen LogP contribution in [-0.2, 0) is 4.79 Å². The van der Waals surface area contributed by atoms with E-state index >= 15 is 0 Å². The second-order valence-electron chi connectivity index (χ2n) is 5.15. The molecule has 1 fully saturated rings. The molecule has 0 saturated carbocycles. The first-order valence-electron chi connectivity index (χ1n) is 6.71. The van der Waals surface area contributed by atoms with Crippen LogP contribution in [0.15, 0.2) is 12.3 Å². The van der Waals surface area contributed by atoms with Crippen LogP contribution in [0.1, 0.15) is 6.92 Å². The number of hydrogen-bond acceptors (Lipinski definition) is 6. The molecule has 0 aliphatic carbocycles. The standard InChI is InChI=1S/C13H21N5O2/c1-10(12(19)20)17-6-8-18(9-7-17)11-4-5-14-13(15-11)16(2)3/h4-5,10H,6-9H2,1-3H3,(H,19,20). The topological polar surface area (TPSA) is 72.8 Å². The van der Waals surface area contributed by atoms with Gasteiger partial charge in [-0.15, -0.1) is 0 Å². The highest BCUT2D eigenvalue weighted by Gasteiger charge is 2.25. The molecule has 1 atom stereocenters. The molecule has 1 aliphatic rings. The average Bonchev–Trinajstić information content (AvgIpc) is 2.46. The number of rotatable bonds is 4. The molecule has 2 rings (SSSR count). The van der Waals surface area contributed by atoms with Gasteiger partial charge in [0.2, 0.25) is 5.95 Å². The normalized spacial score (nSPS) is 17.9. The van der Waals surface area contributed by atoms with Crippen molar-refractivity contribution in [3.8, 4) is 0 Å². The van der Waals surface area contributed by atoms with Crippen molar-refractivity contribution in [3.05, 3.63) is 12.3 Å². The number of aromatic nitrogens is 2. The maximum atomic E-state index is 11.0. The first kappa shape index (κ1) is 14.5. The van der Waals surface area contributed by atoms with Crippen LogP contribution in [-0.4, -0.2) is 72.3 Å². The molecule has 2 heterocycles. The molecular weight excluding hydrogens is 258 g/mol. The Labute approximate surface area is 118 Å². The third kappa shape index (κ3) is 3.16. The van der Waals surface area contributed by atoms with Crippen molar-refractivity contribution in [3.63, 3.8) is 0 Å². The molecule has 1 aromatic heterocycles. The van der Waals surface area contributed by atoms with Gasteiger partial charge in [0.25, 0.3) is 0 Å². The third-order valence-electron chi connectivity index (χ3n) is 3.57. The lowest BCUT2D eigenvalue weighted by Crippen LogP contribution is -2.52. The van der Waals surface area contributed by atoms with Crippen molar-refractivity contribution in [2.75, 3.05) is 50.1 Å². The van der Waals surface area contributed by atoms with Crippen molar-refractivity contribution < 1.29 is 9.90 Å². The van der Waals surface area contributed by atoms with Gasteiger partial charge in [0.05, 0.1) is 0 Å². The minimum Gasteiger partial charge on any atom is -0.480 e. The van der Waals surface area contributed by atoms with Crippen molar-refractivity contribution in [1.29, 1.82) is 0 Å². The number of hydrogen-bond donors (Lipinski definition) is 1. The zero-order valence-electron chi connectivity index (χ0n) is 12.2. The average molecular weight is 279 g/mol. The van der Waals surface area contributed by atoms with E-state index in [9.17, 15) is 4.79 Å².